The van der Waals surface area contributed by atoms with E-state index in [0.717, 1.165) is 6.92 Å². The number of hydrogen-bond donors (Lipinski definition) is 19. The van der Waals surface area contributed by atoms with E-state index < -0.39 is 163 Å². The lowest BCUT2D eigenvalue weighted by Gasteiger charge is -2.31. The van der Waals surface area contributed by atoms with Crippen molar-refractivity contribution in [2.24, 2.45) is 29.2 Å². The molecule has 0 heterocycles. The third-order valence-electron chi connectivity index (χ3n) is 13.1. The van der Waals surface area contributed by atoms with E-state index in [1.54, 1.807) is 101 Å². The van der Waals surface area contributed by atoms with Crippen LogP contribution in [0.4, 0.5) is 10.5 Å². The van der Waals surface area contributed by atoms with E-state index in [9.17, 15) is 78.3 Å². The van der Waals surface area contributed by atoms with E-state index in [0.29, 0.717) is 16.8 Å². The summed E-state index contributed by atoms with van der Waals surface area (Å²) in [5.41, 5.74) is 18.1. The molecule has 2 unspecified atom stereocenters. The van der Waals surface area contributed by atoms with Gasteiger partial charge in [-0.1, -0.05) is 90.4 Å². The molecule has 2 aromatic carbocycles. The highest BCUT2D eigenvalue weighted by atomic mass is 16.5. The molecule has 10 amide bonds. The number of carboxylic acid groups (broad SMARTS) is 1. The van der Waals surface area contributed by atoms with Gasteiger partial charge in [0.2, 0.25) is 53.2 Å². The number of guanidine groups is 1. The maximum Gasteiger partial charge on any atom is 0.408 e. The Bertz CT molecular complexity index is 2610. The van der Waals surface area contributed by atoms with Gasteiger partial charge in [0.05, 0.1) is 25.4 Å². The van der Waals surface area contributed by atoms with E-state index in [1.807, 2.05) is 5.32 Å². The van der Waals surface area contributed by atoms with Gasteiger partial charge < -0.3 is 101 Å². The lowest BCUT2D eigenvalue weighted by molar-refractivity contribution is -0.145. The number of benzene rings is 2. The summed E-state index contributed by atoms with van der Waals surface area (Å²) in [6, 6.07) is 1.66. The van der Waals surface area contributed by atoms with Gasteiger partial charge in [-0.05, 0) is 67.2 Å². The molecule has 0 fully saturated rings. The Morgan fingerprint density at radius 3 is 1.72 bits per heavy atom. The first-order chi connectivity index (χ1) is 39.9. The van der Waals surface area contributed by atoms with Gasteiger partial charge >= 0.3 is 12.1 Å². The summed E-state index contributed by atoms with van der Waals surface area (Å²) >= 11 is 0. The van der Waals surface area contributed by atoms with Crippen molar-refractivity contribution in [2.75, 3.05) is 25.4 Å². The Kier molecular flexibility index (Phi) is 30.8. The van der Waals surface area contributed by atoms with Gasteiger partial charge in [-0.25, -0.2) is 9.59 Å². The van der Waals surface area contributed by atoms with E-state index in [1.165, 1.54) is 0 Å². The van der Waals surface area contributed by atoms with Gasteiger partial charge in [0.25, 0.3) is 0 Å². The number of nitrogen functional groups attached to an aromatic ring is 1. The number of rotatable bonds is 36. The molecule has 31 nitrogen and oxygen atoms in total. The number of carbonyl (C=O) groups excluding carboxylic acids is 10. The minimum absolute atomic E-state index is 0.0286. The smallest absolute Gasteiger partial charge is 0.408 e. The van der Waals surface area contributed by atoms with Gasteiger partial charge in [0, 0.05) is 18.7 Å². The molecule has 0 radical (unpaired) electrons. The molecular formula is C54H84N14O17. The number of aliphatic hydroxyl groups is 4. The first kappa shape index (κ1) is 72.4. The molecule has 12 atom stereocenters. The van der Waals surface area contributed by atoms with Crippen molar-refractivity contribution >= 4 is 76.9 Å². The number of hydrogen-bond acceptors (Lipinski definition) is 18. The van der Waals surface area contributed by atoms with Crippen molar-refractivity contribution in [3.05, 3.63) is 65.7 Å². The van der Waals surface area contributed by atoms with Gasteiger partial charge in [-0.15, -0.1) is 0 Å². The average Bonchev–Trinajstić information content (AvgIpc) is 3.42. The van der Waals surface area contributed by atoms with Crippen LogP contribution in [0.5, 0.6) is 0 Å². The molecule has 22 N–H and O–H groups in total. The van der Waals surface area contributed by atoms with Gasteiger partial charge in [0.1, 0.15) is 54.9 Å². The van der Waals surface area contributed by atoms with Crippen LogP contribution in [0.1, 0.15) is 85.3 Å². The number of amides is 10. The van der Waals surface area contributed by atoms with Crippen LogP contribution in [0.3, 0.4) is 0 Å². The van der Waals surface area contributed by atoms with E-state index >= 15 is 0 Å². The quantitative estimate of drug-likeness (QED) is 0.0132. The molecule has 2 rings (SSSR count). The topological polar surface area (TPSA) is 520 Å². The highest BCUT2D eigenvalue weighted by molar-refractivity contribution is 5.99. The monoisotopic (exact) mass is 1200 g/mol. The second-order valence-corrected chi connectivity index (χ2v) is 21.0. The molecule has 2 aromatic rings. The standard InChI is InChI=1S/C54H84N14O17/c1-8-28(6)38(49(79)67-39(29(7)70)48(78)60-23-37(71)65-41(43(73)44(56)74)51(81)63-36(24-69)52(82)83)66-45(75)33(18-13-19-59-53(57)58)61-46(76)34(20-26(2)3)62-50(80)40(42(72)27(4)5)68-47(77)35(22-31-16-12-17-32(55)21-31)64-54(84)85-25-30-14-10-9-11-15-30/h9-12,14-17,21,26-29,33-36,38-43,69-70,72-73H,8,13,18-20,22-25,55H2,1-7H3,(H2,56,74)(H,60,78)(H,61,76)(H,62,80)(H,63,81)(H,64,84)(H,65,71)(H,66,75)(H,67,79)(H,68,77)(H,82,83)(H4,57,58,59)/t28-,29-,33+,34-,35-,36-,38-,39-,40-,41-,42?,43?/m0/s1. The number of carboxylic acids is 1. The molecule has 31 heteroatoms. The lowest BCUT2D eigenvalue weighted by atomic mass is 9.96. The number of ether oxygens (including phenoxy) is 1. The fourth-order valence-electron chi connectivity index (χ4n) is 8.06. The molecular weight excluding hydrogens is 1120 g/mol. The number of aliphatic hydroxyl groups excluding tert-OH is 4. The van der Waals surface area contributed by atoms with Crippen LogP contribution < -0.4 is 70.4 Å². The second-order valence-electron chi connectivity index (χ2n) is 21.0. The summed E-state index contributed by atoms with van der Waals surface area (Å²) in [7, 11) is 0. The molecule has 0 aliphatic rings. The summed E-state index contributed by atoms with van der Waals surface area (Å²) in [5.74, 6) is -14.1. The number of aliphatic carboxylic acids is 1. The van der Waals surface area contributed by atoms with Gasteiger partial charge in [0.15, 0.2) is 12.1 Å². The first-order valence-corrected chi connectivity index (χ1v) is 27.4. The Morgan fingerprint density at radius 2 is 1.16 bits per heavy atom. The molecule has 0 saturated carbocycles. The number of carbonyl (C=O) groups is 11. The summed E-state index contributed by atoms with van der Waals surface area (Å²) in [6.07, 6.45) is -6.74. The predicted molar refractivity (Wildman–Crippen MR) is 305 cm³/mol. The molecule has 472 valence electrons. The minimum atomic E-state index is -2.43. The number of primary amides is 1. The second kappa shape index (κ2) is 36.1. The maximum absolute atomic E-state index is 14.4. The van der Waals surface area contributed by atoms with Gasteiger partial charge in [-0.2, -0.15) is 0 Å². The van der Waals surface area contributed by atoms with Crippen LogP contribution in [0.25, 0.3) is 0 Å². The average molecular weight is 1200 g/mol. The zero-order chi connectivity index (χ0) is 64.2. The lowest BCUT2D eigenvalue weighted by Crippen LogP contribution is -2.63. The molecule has 0 aromatic heterocycles. The highest BCUT2D eigenvalue weighted by Gasteiger charge is 2.39. The van der Waals surface area contributed by atoms with Crippen LogP contribution in [-0.4, -0.2) is 183 Å². The molecule has 0 spiro atoms. The number of nitrogens with one attached hydrogen (secondary N) is 11. The Labute approximate surface area is 491 Å². The van der Waals surface area contributed by atoms with Crippen molar-refractivity contribution < 1.29 is 83.0 Å². The molecule has 0 bridgehead atoms. The van der Waals surface area contributed by atoms with Crippen molar-refractivity contribution in [3.63, 3.8) is 0 Å². The van der Waals surface area contributed by atoms with Crippen molar-refractivity contribution in [2.45, 2.75) is 154 Å². The third kappa shape index (κ3) is 25.4. The fraction of sp³-hybridized carbons (Fsp3) is 0.556. The fourth-order valence-corrected chi connectivity index (χ4v) is 8.06. The van der Waals surface area contributed by atoms with Crippen LogP contribution in [0.15, 0.2) is 54.6 Å². The Morgan fingerprint density at radius 1 is 0.612 bits per heavy atom. The zero-order valence-corrected chi connectivity index (χ0v) is 48.5. The highest BCUT2D eigenvalue weighted by Crippen LogP contribution is 2.15. The summed E-state index contributed by atoms with van der Waals surface area (Å²) < 4.78 is 5.38. The predicted octanol–water partition coefficient (Wildman–Crippen LogP) is -4.71. The summed E-state index contributed by atoms with van der Waals surface area (Å²) in [6.45, 7) is 8.66. The van der Waals surface area contributed by atoms with Gasteiger partial charge in [-0.3, -0.25) is 48.6 Å². The largest absolute Gasteiger partial charge is 0.480 e. The van der Waals surface area contributed by atoms with Crippen molar-refractivity contribution in [3.8, 4) is 0 Å². The number of nitrogens with two attached hydrogens (primary N) is 3. The molecule has 0 aliphatic carbocycles. The van der Waals surface area contributed by atoms with E-state index in [2.05, 4.69) is 42.5 Å². The number of anilines is 1. The normalized spacial score (nSPS) is 15.4. The number of alkyl carbamates (subject to hydrolysis) is 1. The summed E-state index contributed by atoms with van der Waals surface area (Å²) in [5, 5.41) is 82.0. The zero-order valence-electron chi connectivity index (χ0n) is 48.5. The van der Waals surface area contributed by atoms with E-state index in [-0.39, 0.29) is 51.2 Å². The summed E-state index contributed by atoms with van der Waals surface area (Å²) in [4.78, 5) is 147. The van der Waals surface area contributed by atoms with Crippen molar-refractivity contribution in [1.82, 2.24) is 53.2 Å². The van der Waals surface area contributed by atoms with Crippen LogP contribution in [0, 0.1) is 23.2 Å². The van der Waals surface area contributed by atoms with E-state index in [4.69, 9.17) is 27.3 Å². The SMILES string of the molecule is CC[C@H](C)[C@H](NC(=O)[C@@H](CCCNC(=N)N)NC(=O)[C@H](CC(C)C)NC(=O)[C@@H](NC(=O)[C@H](Cc1cccc(N)c1)NC(=O)OCc1ccccc1)C(O)C(C)C)C(=O)N[C@H](C(=O)NCC(=O)N[C@H](C(=O)N[C@@H](CO)C(=O)O)C(O)C(N)=O)[C@H](C)O. The maximum atomic E-state index is 14.4. The van der Waals surface area contributed by atoms with Crippen LogP contribution in [-0.2, 0) is 65.7 Å². The van der Waals surface area contributed by atoms with Crippen molar-refractivity contribution in [1.29, 1.82) is 5.41 Å². The molecule has 0 saturated heterocycles. The Hall–Kier alpha value is -8.68. The third-order valence-corrected chi connectivity index (χ3v) is 13.1. The van der Waals surface area contributed by atoms with Crippen LogP contribution >= 0.6 is 0 Å². The Balaban J connectivity index is 2.43. The first-order valence-electron chi connectivity index (χ1n) is 27.4. The molecule has 0 aliphatic heterocycles. The molecule has 85 heavy (non-hydrogen) atoms. The van der Waals surface area contributed by atoms with Crippen LogP contribution in [0.2, 0.25) is 0 Å². The minimum Gasteiger partial charge on any atom is -0.480 e.